The number of anilines is 1. The van der Waals surface area contributed by atoms with Gasteiger partial charge in [-0.2, -0.15) is 0 Å². The monoisotopic (exact) mass is 279 g/mol. The summed E-state index contributed by atoms with van der Waals surface area (Å²) in [5.41, 5.74) is 2.41. The molecule has 2 aromatic rings. The van der Waals surface area contributed by atoms with Crippen molar-refractivity contribution in [3.8, 4) is 0 Å². The largest absolute Gasteiger partial charge is 0.457 e. The molecular weight excluding hydrogens is 270 g/mol. The number of aryl methyl sites for hydroxylation is 1. The first-order chi connectivity index (χ1) is 7.66. The van der Waals surface area contributed by atoms with Gasteiger partial charge in [-0.1, -0.05) is 17.7 Å². The van der Waals surface area contributed by atoms with Crippen LogP contribution < -0.4 is 5.32 Å². The average molecular weight is 280 g/mol. The molecule has 0 unspecified atom stereocenters. The Kier molecular flexibility index (Phi) is 3.10. The summed E-state index contributed by atoms with van der Waals surface area (Å²) in [6, 6.07) is 9.23. The van der Waals surface area contributed by atoms with Crippen LogP contribution >= 0.6 is 15.9 Å². The van der Waals surface area contributed by atoms with E-state index in [-0.39, 0.29) is 5.91 Å². The number of hydrogen-bond donors (Lipinski definition) is 1. The Morgan fingerprint density at radius 1 is 1.25 bits per heavy atom. The Morgan fingerprint density at radius 3 is 2.50 bits per heavy atom. The molecule has 3 nitrogen and oxygen atoms in total. The normalized spacial score (nSPS) is 10.1. The summed E-state index contributed by atoms with van der Waals surface area (Å²) in [6.45, 7) is 2.00. The van der Waals surface area contributed by atoms with E-state index in [9.17, 15) is 4.79 Å². The zero-order valence-corrected chi connectivity index (χ0v) is 10.2. The molecule has 0 fully saturated rings. The van der Waals surface area contributed by atoms with E-state index in [0.717, 1.165) is 11.3 Å². The molecule has 2 rings (SSSR count). The van der Waals surface area contributed by atoms with E-state index in [1.54, 1.807) is 6.07 Å². The van der Waals surface area contributed by atoms with E-state index >= 15 is 0 Å². The molecule has 1 aromatic heterocycles. The highest BCUT2D eigenvalue weighted by Crippen LogP contribution is 2.19. The molecule has 4 heteroatoms. The van der Waals surface area contributed by atoms with Crippen LogP contribution in [-0.2, 0) is 0 Å². The lowest BCUT2D eigenvalue weighted by atomic mass is 10.2. The summed E-state index contributed by atoms with van der Waals surface area (Å²) in [6.07, 6.45) is 1.47. The Balaban J connectivity index is 2.14. The smallest absolute Gasteiger partial charge is 0.260 e. The van der Waals surface area contributed by atoms with Crippen molar-refractivity contribution in [2.24, 2.45) is 0 Å². The van der Waals surface area contributed by atoms with Gasteiger partial charge in [-0.15, -0.1) is 0 Å². The number of carbonyl (C=O) groups is 1. The third-order valence-corrected chi connectivity index (χ3v) is 2.79. The van der Waals surface area contributed by atoms with Crippen molar-refractivity contribution in [1.29, 1.82) is 0 Å². The Morgan fingerprint density at radius 2 is 1.94 bits per heavy atom. The van der Waals surface area contributed by atoms with Gasteiger partial charge in [-0.3, -0.25) is 4.79 Å². The van der Waals surface area contributed by atoms with Gasteiger partial charge in [-0.25, -0.2) is 0 Å². The fraction of sp³-hybridized carbons (Fsp3) is 0.0833. The third kappa shape index (κ3) is 2.33. The molecule has 16 heavy (non-hydrogen) atoms. The van der Waals surface area contributed by atoms with Gasteiger partial charge in [0, 0.05) is 5.69 Å². The quantitative estimate of drug-likeness (QED) is 0.913. The highest BCUT2D eigenvalue weighted by atomic mass is 79.9. The first-order valence-electron chi connectivity index (χ1n) is 4.78. The summed E-state index contributed by atoms with van der Waals surface area (Å²) in [5, 5.41) is 2.78. The van der Waals surface area contributed by atoms with E-state index < -0.39 is 0 Å². The molecule has 0 saturated carbocycles. The fourth-order valence-electron chi connectivity index (χ4n) is 1.29. The maximum atomic E-state index is 11.8. The van der Waals surface area contributed by atoms with Gasteiger partial charge in [0.15, 0.2) is 4.67 Å². The van der Waals surface area contributed by atoms with Crippen LogP contribution in [0.15, 0.2) is 45.7 Å². The van der Waals surface area contributed by atoms with E-state index in [1.165, 1.54) is 6.26 Å². The van der Waals surface area contributed by atoms with Gasteiger partial charge in [-0.05, 0) is 41.1 Å². The maximum Gasteiger partial charge on any atom is 0.260 e. The number of amides is 1. The number of furan rings is 1. The van der Waals surface area contributed by atoms with Gasteiger partial charge in [0.25, 0.3) is 5.91 Å². The number of hydrogen-bond acceptors (Lipinski definition) is 2. The molecule has 0 aliphatic carbocycles. The lowest BCUT2D eigenvalue weighted by Crippen LogP contribution is -2.11. The maximum absolute atomic E-state index is 11.8. The molecule has 0 spiro atoms. The second-order valence-electron chi connectivity index (χ2n) is 3.43. The predicted octanol–water partition coefficient (Wildman–Crippen LogP) is 3.60. The predicted molar refractivity (Wildman–Crippen MR) is 65.5 cm³/mol. The summed E-state index contributed by atoms with van der Waals surface area (Å²) in [4.78, 5) is 11.8. The molecule has 1 amide bonds. The second-order valence-corrected chi connectivity index (χ2v) is 4.15. The van der Waals surface area contributed by atoms with Crippen LogP contribution in [0.1, 0.15) is 15.9 Å². The zero-order chi connectivity index (χ0) is 11.5. The summed E-state index contributed by atoms with van der Waals surface area (Å²) >= 11 is 3.16. The minimum atomic E-state index is -0.190. The van der Waals surface area contributed by atoms with E-state index in [4.69, 9.17) is 4.42 Å². The van der Waals surface area contributed by atoms with Crippen molar-refractivity contribution >= 4 is 27.5 Å². The zero-order valence-electron chi connectivity index (χ0n) is 8.66. The summed E-state index contributed by atoms with van der Waals surface area (Å²) in [5.74, 6) is -0.190. The lowest BCUT2D eigenvalue weighted by Gasteiger charge is -2.03. The topological polar surface area (TPSA) is 42.2 Å². The summed E-state index contributed by atoms with van der Waals surface area (Å²) < 4.78 is 5.44. The second kappa shape index (κ2) is 4.53. The standard InChI is InChI=1S/C12H10BrNO2/c1-8-2-4-9(5-3-8)14-12(15)10-6-7-16-11(10)13/h2-7H,1H3,(H,14,15). The van der Waals surface area contributed by atoms with Crippen LogP contribution in [0, 0.1) is 6.92 Å². The van der Waals surface area contributed by atoms with Crippen molar-refractivity contribution in [1.82, 2.24) is 0 Å². The Labute approximate surface area is 102 Å². The van der Waals surface area contributed by atoms with Gasteiger partial charge < -0.3 is 9.73 Å². The Hall–Kier alpha value is -1.55. The van der Waals surface area contributed by atoms with Crippen LogP contribution in [0.2, 0.25) is 0 Å². The molecule has 0 aliphatic heterocycles. The van der Waals surface area contributed by atoms with Crippen LogP contribution in [-0.4, -0.2) is 5.91 Å². The van der Waals surface area contributed by atoms with Crippen LogP contribution in [0.4, 0.5) is 5.69 Å². The van der Waals surface area contributed by atoms with E-state index in [1.807, 2.05) is 31.2 Å². The molecule has 1 heterocycles. The SMILES string of the molecule is Cc1ccc(NC(=O)c2ccoc2Br)cc1. The highest BCUT2D eigenvalue weighted by Gasteiger charge is 2.12. The van der Waals surface area contributed by atoms with Gasteiger partial charge >= 0.3 is 0 Å². The fourth-order valence-corrected chi connectivity index (χ4v) is 1.71. The Bertz CT molecular complexity index is 502. The molecule has 0 saturated heterocycles. The minimum absolute atomic E-state index is 0.190. The molecule has 82 valence electrons. The van der Waals surface area contributed by atoms with Crippen molar-refractivity contribution in [3.63, 3.8) is 0 Å². The molecular formula is C12H10BrNO2. The first kappa shape index (κ1) is 11.0. The molecule has 1 N–H and O–H groups in total. The minimum Gasteiger partial charge on any atom is -0.457 e. The van der Waals surface area contributed by atoms with E-state index in [0.29, 0.717) is 10.2 Å². The highest BCUT2D eigenvalue weighted by molar-refractivity contribution is 9.10. The average Bonchev–Trinajstić information content (AvgIpc) is 2.68. The van der Waals surface area contributed by atoms with Gasteiger partial charge in [0.05, 0.1) is 11.8 Å². The number of halogens is 1. The number of nitrogens with one attached hydrogen (secondary N) is 1. The molecule has 0 bridgehead atoms. The van der Waals surface area contributed by atoms with Crippen LogP contribution in [0.25, 0.3) is 0 Å². The van der Waals surface area contributed by atoms with Gasteiger partial charge in [0.1, 0.15) is 0 Å². The van der Waals surface area contributed by atoms with Crippen molar-refractivity contribution in [2.75, 3.05) is 5.32 Å². The van der Waals surface area contributed by atoms with Crippen LogP contribution in [0.3, 0.4) is 0 Å². The molecule has 0 aliphatic rings. The molecule has 1 aromatic carbocycles. The van der Waals surface area contributed by atoms with E-state index in [2.05, 4.69) is 21.2 Å². The molecule has 0 radical (unpaired) electrons. The molecule has 0 atom stereocenters. The number of carbonyl (C=O) groups excluding carboxylic acids is 1. The van der Waals surface area contributed by atoms with Crippen molar-refractivity contribution < 1.29 is 9.21 Å². The number of benzene rings is 1. The van der Waals surface area contributed by atoms with Crippen molar-refractivity contribution in [3.05, 3.63) is 52.4 Å². The van der Waals surface area contributed by atoms with Gasteiger partial charge in [0.2, 0.25) is 0 Å². The number of rotatable bonds is 2. The first-order valence-corrected chi connectivity index (χ1v) is 5.57. The lowest BCUT2D eigenvalue weighted by molar-refractivity contribution is 0.102. The van der Waals surface area contributed by atoms with Crippen molar-refractivity contribution in [2.45, 2.75) is 6.92 Å². The third-order valence-electron chi connectivity index (χ3n) is 2.17. The summed E-state index contributed by atoms with van der Waals surface area (Å²) in [7, 11) is 0. The van der Waals surface area contributed by atoms with Crippen LogP contribution in [0.5, 0.6) is 0 Å².